The molecule has 64 valence electrons. The molecule has 1 aromatic heterocycles. The quantitative estimate of drug-likeness (QED) is 0.618. The summed E-state index contributed by atoms with van der Waals surface area (Å²) in [5.41, 5.74) is 12.4. The molecule has 0 saturated carbocycles. The Bertz CT molecular complexity index is 309. The number of carbonyl (C=O) groups is 1. The number of anilines is 1. The maximum Gasteiger partial charge on any atom is 0.178 e. The zero-order valence-electron chi connectivity index (χ0n) is 6.87. The van der Waals surface area contributed by atoms with Crippen molar-refractivity contribution in [3.05, 3.63) is 23.5 Å². The Kier molecular flexibility index (Phi) is 2.40. The summed E-state index contributed by atoms with van der Waals surface area (Å²) in [5, 5.41) is 0. The first-order chi connectivity index (χ1) is 5.63. The fourth-order valence-corrected chi connectivity index (χ4v) is 0.896. The minimum atomic E-state index is -0.1000. The van der Waals surface area contributed by atoms with Gasteiger partial charge in [0.25, 0.3) is 0 Å². The molecule has 0 radical (unpaired) electrons. The highest BCUT2D eigenvalue weighted by Gasteiger charge is 2.03. The Balaban J connectivity index is 3.15. The molecule has 4 N–H and O–H groups in total. The van der Waals surface area contributed by atoms with Crippen molar-refractivity contribution in [3.8, 4) is 0 Å². The van der Waals surface area contributed by atoms with Crippen LogP contribution in [0.4, 0.5) is 5.69 Å². The van der Waals surface area contributed by atoms with E-state index in [1.165, 1.54) is 6.92 Å². The molecule has 0 fully saturated rings. The number of nitrogens with zero attached hydrogens (tertiary/aromatic N) is 1. The molecule has 0 aliphatic carbocycles. The molecular formula is C8H11N3O. The Hall–Kier alpha value is -1.42. The van der Waals surface area contributed by atoms with Gasteiger partial charge in [-0.25, -0.2) is 4.98 Å². The second kappa shape index (κ2) is 3.32. The smallest absolute Gasteiger partial charge is 0.178 e. The van der Waals surface area contributed by atoms with E-state index < -0.39 is 0 Å². The Labute approximate surface area is 70.6 Å². The first kappa shape index (κ1) is 8.67. The van der Waals surface area contributed by atoms with Crippen LogP contribution in [0.15, 0.2) is 12.1 Å². The van der Waals surface area contributed by atoms with Crippen molar-refractivity contribution in [1.29, 1.82) is 0 Å². The number of ketones is 1. The molecule has 1 rings (SSSR count). The molecule has 12 heavy (non-hydrogen) atoms. The van der Waals surface area contributed by atoms with E-state index in [2.05, 4.69) is 4.98 Å². The van der Waals surface area contributed by atoms with Crippen LogP contribution in [0.5, 0.6) is 0 Å². The average Bonchev–Trinajstić information content (AvgIpc) is 2.03. The predicted molar refractivity (Wildman–Crippen MR) is 46.5 cm³/mol. The zero-order valence-corrected chi connectivity index (χ0v) is 6.87. The molecule has 0 saturated heterocycles. The van der Waals surface area contributed by atoms with Gasteiger partial charge in [0.05, 0.1) is 5.69 Å². The Morgan fingerprint density at radius 2 is 2.25 bits per heavy atom. The Morgan fingerprint density at radius 1 is 1.58 bits per heavy atom. The van der Waals surface area contributed by atoms with Crippen LogP contribution in [-0.2, 0) is 6.54 Å². The SMILES string of the molecule is CC(=O)c1cc(N)cc(CN)n1. The third-order valence-corrected chi connectivity index (χ3v) is 1.47. The number of hydrogen-bond acceptors (Lipinski definition) is 4. The van der Waals surface area contributed by atoms with Crippen molar-refractivity contribution in [1.82, 2.24) is 4.98 Å². The standard InChI is InChI=1S/C8H11N3O/c1-5(12)8-3-6(10)2-7(4-9)11-8/h2-3H,4,9H2,1H3,(H2,10,11). The lowest BCUT2D eigenvalue weighted by Gasteiger charge is -2.01. The summed E-state index contributed by atoms with van der Waals surface area (Å²) < 4.78 is 0. The maximum atomic E-state index is 10.9. The molecule has 4 nitrogen and oxygen atoms in total. The average molecular weight is 165 g/mol. The van der Waals surface area contributed by atoms with Crippen molar-refractivity contribution < 1.29 is 4.79 Å². The molecule has 0 aliphatic rings. The molecule has 0 aliphatic heterocycles. The minimum absolute atomic E-state index is 0.1000. The normalized spacial score (nSPS) is 9.83. The maximum absolute atomic E-state index is 10.9. The van der Waals surface area contributed by atoms with E-state index in [0.717, 1.165) is 0 Å². The number of Topliss-reactive ketones (excluding diaryl/α,β-unsaturated/α-hetero) is 1. The molecule has 0 atom stereocenters. The van der Waals surface area contributed by atoms with E-state index in [1.807, 2.05) is 0 Å². The van der Waals surface area contributed by atoms with E-state index in [4.69, 9.17) is 11.5 Å². The highest BCUT2D eigenvalue weighted by Crippen LogP contribution is 2.07. The number of pyridine rings is 1. The van der Waals surface area contributed by atoms with E-state index in [1.54, 1.807) is 12.1 Å². The van der Waals surface area contributed by atoms with Crippen molar-refractivity contribution in [3.63, 3.8) is 0 Å². The minimum Gasteiger partial charge on any atom is -0.399 e. The van der Waals surface area contributed by atoms with E-state index in [0.29, 0.717) is 23.6 Å². The molecule has 1 aromatic rings. The van der Waals surface area contributed by atoms with Crippen LogP contribution < -0.4 is 11.5 Å². The fourth-order valence-electron chi connectivity index (χ4n) is 0.896. The zero-order chi connectivity index (χ0) is 9.14. The Morgan fingerprint density at radius 3 is 2.75 bits per heavy atom. The summed E-state index contributed by atoms with van der Waals surface area (Å²) in [4.78, 5) is 14.9. The second-order valence-corrected chi connectivity index (χ2v) is 2.54. The predicted octanol–water partition coefficient (Wildman–Crippen LogP) is 0.325. The molecule has 0 spiro atoms. The lowest BCUT2D eigenvalue weighted by molar-refractivity contribution is 0.101. The summed E-state index contributed by atoms with van der Waals surface area (Å²) in [5.74, 6) is -0.1000. The van der Waals surface area contributed by atoms with Gasteiger partial charge in [-0.2, -0.15) is 0 Å². The molecule has 1 heterocycles. The lowest BCUT2D eigenvalue weighted by atomic mass is 10.2. The highest BCUT2D eigenvalue weighted by molar-refractivity contribution is 5.92. The van der Waals surface area contributed by atoms with Gasteiger partial charge in [-0.05, 0) is 12.1 Å². The highest BCUT2D eigenvalue weighted by atomic mass is 16.1. The molecule has 0 unspecified atom stereocenters. The van der Waals surface area contributed by atoms with Crippen LogP contribution in [0.1, 0.15) is 23.1 Å². The van der Waals surface area contributed by atoms with Gasteiger partial charge < -0.3 is 11.5 Å². The third-order valence-electron chi connectivity index (χ3n) is 1.47. The molecular weight excluding hydrogens is 154 g/mol. The summed E-state index contributed by atoms with van der Waals surface area (Å²) in [6.07, 6.45) is 0. The van der Waals surface area contributed by atoms with Crippen molar-refractivity contribution in [2.75, 3.05) is 5.73 Å². The number of nitrogens with two attached hydrogens (primary N) is 2. The van der Waals surface area contributed by atoms with Crippen LogP contribution in [0.3, 0.4) is 0 Å². The van der Waals surface area contributed by atoms with Crippen molar-refractivity contribution in [2.45, 2.75) is 13.5 Å². The van der Waals surface area contributed by atoms with Crippen molar-refractivity contribution in [2.24, 2.45) is 5.73 Å². The van der Waals surface area contributed by atoms with Crippen LogP contribution in [0, 0.1) is 0 Å². The van der Waals surface area contributed by atoms with Crippen molar-refractivity contribution >= 4 is 11.5 Å². The number of rotatable bonds is 2. The number of carbonyl (C=O) groups excluding carboxylic acids is 1. The van der Waals surface area contributed by atoms with Crippen LogP contribution in [0.25, 0.3) is 0 Å². The fraction of sp³-hybridized carbons (Fsp3) is 0.250. The topological polar surface area (TPSA) is 82.0 Å². The van der Waals surface area contributed by atoms with Crippen LogP contribution in [0.2, 0.25) is 0 Å². The van der Waals surface area contributed by atoms with Gasteiger partial charge >= 0.3 is 0 Å². The van der Waals surface area contributed by atoms with Gasteiger partial charge in [0, 0.05) is 19.2 Å². The summed E-state index contributed by atoms with van der Waals surface area (Å²) >= 11 is 0. The largest absolute Gasteiger partial charge is 0.399 e. The monoisotopic (exact) mass is 165 g/mol. The number of hydrogen-bond donors (Lipinski definition) is 2. The van der Waals surface area contributed by atoms with Crippen LogP contribution >= 0.6 is 0 Å². The summed E-state index contributed by atoms with van der Waals surface area (Å²) in [7, 11) is 0. The second-order valence-electron chi connectivity index (χ2n) is 2.54. The summed E-state index contributed by atoms with van der Waals surface area (Å²) in [6, 6.07) is 3.20. The molecule has 0 amide bonds. The first-order valence-electron chi connectivity index (χ1n) is 3.61. The van der Waals surface area contributed by atoms with E-state index in [-0.39, 0.29) is 5.78 Å². The molecule has 0 bridgehead atoms. The molecule has 0 aromatic carbocycles. The third kappa shape index (κ3) is 1.79. The number of nitrogen functional groups attached to an aromatic ring is 1. The van der Waals surface area contributed by atoms with E-state index in [9.17, 15) is 4.79 Å². The first-order valence-corrected chi connectivity index (χ1v) is 3.61. The number of aromatic nitrogens is 1. The van der Waals surface area contributed by atoms with Gasteiger partial charge in [0.1, 0.15) is 5.69 Å². The summed E-state index contributed by atoms with van der Waals surface area (Å²) in [6.45, 7) is 1.74. The van der Waals surface area contributed by atoms with Crippen LogP contribution in [-0.4, -0.2) is 10.8 Å². The van der Waals surface area contributed by atoms with Gasteiger partial charge in [-0.15, -0.1) is 0 Å². The van der Waals surface area contributed by atoms with E-state index >= 15 is 0 Å². The van der Waals surface area contributed by atoms with Gasteiger partial charge in [0.2, 0.25) is 0 Å². The van der Waals surface area contributed by atoms with Gasteiger partial charge in [-0.3, -0.25) is 4.79 Å². The molecule has 4 heteroatoms. The lowest BCUT2D eigenvalue weighted by Crippen LogP contribution is -2.06. The van der Waals surface area contributed by atoms with Gasteiger partial charge in [-0.1, -0.05) is 0 Å². The van der Waals surface area contributed by atoms with Gasteiger partial charge in [0.15, 0.2) is 5.78 Å².